The molecule has 4 heavy (non-hydrogen) atoms. The van der Waals surface area contributed by atoms with E-state index in [-0.39, 0.29) is 38.2 Å². The summed E-state index contributed by atoms with van der Waals surface area (Å²) in [5.74, 6) is 0. The van der Waals surface area contributed by atoms with E-state index in [0.29, 0.717) is 24.7 Å². The summed E-state index contributed by atoms with van der Waals surface area (Å²) in [6, 6.07) is 0. The summed E-state index contributed by atoms with van der Waals surface area (Å²) in [6.45, 7) is 0. The maximum absolute atomic E-state index is 8.34. The average molecular weight is 214 g/mol. The van der Waals surface area contributed by atoms with Gasteiger partial charge < -0.3 is 5.48 Å². The molecule has 0 atom stereocenters. The van der Waals surface area contributed by atoms with E-state index in [1.807, 2.05) is 0 Å². The molecule has 2 nitrogen and oxygen atoms in total. The van der Waals surface area contributed by atoms with Crippen LogP contribution >= 0.6 is 0 Å². The Bertz CT molecular complexity index is 6.00. The quantitative estimate of drug-likeness (QED) is 0.513. The van der Waals surface area contributed by atoms with Crippen molar-refractivity contribution < 1.29 is 65.7 Å². The first-order valence-electron chi connectivity index (χ1n) is 0.204. The molecule has 0 rings (SSSR count). The zero-order valence-electron chi connectivity index (χ0n) is 1.99. The predicted molar refractivity (Wildman–Crippen MR) is 4.30 cm³/mol. The molecule has 0 aliphatic carbocycles. The average Bonchev–Trinajstić information content (AvgIpc) is 1.00. The van der Waals surface area contributed by atoms with Crippen LogP contribution in [0.2, 0.25) is 0 Å². The summed E-state index contributed by atoms with van der Waals surface area (Å²) in [7, 11) is 0. The fourth-order valence-corrected chi connectivity index (χ4v) is 0. The Kier molecular flexibility index (Phi) is 93.7. The molecule has 0 unspecified atom stereocenters. The van der Waals surface area contributed by atoms with Gasteiger partial charge in [-0.05, 0) is 0 Å². The summed E-state index contributed by atoms with van der Waals surface area (Å²) < 4.78 is 8.34. The Morgan fingerprint density at radius 3 is 1.25 bits per heavy atom. The van der Waals surface area contributed by atoms with E-state index < -0.39 is 0 Å². The van der Waals surface area contributed by atoms with Crippen LogP contribution in [0, 0.1) is 0 Å². The monoisotopic (exact) mass is 213 g/mol. The van der Waals surface area contributed by atoms with Gasteiger partial charge in [0.25, 0.3) is 0 Å². The third kappa shape index (κ3) is 9.26. The van der Waals surface area contributed by atoms with Crippen LogP contribution in [0.15, 0.2) is 0 Å². The van der Waals surface area contributed by atoms with Crippen molar-refractivity contribution in [3.05, 3.63) is 0 Å². The Morgan fingerprint density at radius 2 is 1.25 bits per heavy atom. The topological polar surface area (TPSA) is 48.6 Å². The Labute approximate surface area is 64.8 Å². The van der Waals surface area contributed by atoms with Crippen LogP contribution in [0.4, 0.5) is 0 Å². The van der Waals surface area contributed by atoms with Gasteiger partial charge in [0, 0.05) is 32.7 Å². The van der Waals surface area contributed by atoms with E-state index in [9.17, 15) is 0 Å². The molecule has 1 radical (unpaired) electrons. The van der Waals surface area contributed by atoms with Gasteiger partial charge in [0.2, 0.25) is 0 Å². The molecule has 0 aliphatic heterocycles. The number of hydrogen-bond acceptors (Lipinski definition) is 1. The molecule has 21 valence electrons. The Hall–Kier alpha value is 1.75. The minimum Gasteiger partial charge on any atom is 0 e. The van der Waals surface area contributed by atoms with E-state index in [1.54, 1.807) is 0 Å². The van der Waals surface area contributed by atoms with Crippen molar-refractivity contribution >= 4 is 0 Å². The fourth-order valence-electron chi connectivity index (χ4n) is 0. The van der Waals surface area contributed by atoms with E-state index in [1.165, 1.54) is 0 Å². The third-order valence-electron chi connectivity index (χ3n) is 0. The van der Waals surface area contributed by atoms with E-state index in [4.69, 9.17) is 2.81 Å². The number of rotatable bonds is 0. The summed E-state index contributed by atoms with van der Waals surface area (Å²) in [5.41, 5.74) is 0. The SMILES string of the molecule is O.[O]=[Zr].[Y]. The summed E-state index contributed by atoms with van der Waals surface area (Å²) in [4.78, 5) is 0. The Balaban J connectivity index is -0.00000000500. The van der Waals surface area contributed by atoms with Crippen LogP contribution in [0.25, 0.3) is 0 Å². The molecule has 0 heterocycles. The minimum absolute atomic E-state index is 0. The largest absolute Gasteiger partial charge is 0 e. The summed E-state index contributed by atoms with van der Waals surface area (Å²) in [6.07, 6.45) is 0. The normalized spacial score (nSPS) is 0.750. The Morgan fingerprint density at radius 1 is 1.25 bits per heavy atom. The maximum atomic E-state index is 8.34. The molecule has 4 heteroatoms. The van der Waals surface area contributed by atoms with Crippen LogP contribution in [0.5, 0.6) is 0 Å². The molecule has 0 aromatic heterocycles. The van der Waals surface area contributed by atoms with Gasteiger partial charge in [-0.2, -0.15) is 0 Å². The molecule has 0 saturated carbocycles. The first-order valence-corrected chi connectivity index (χ1v) is 1.21. The second-order valence-corrected chi connectivity index (χ2v) is 0. The molecule has 0 aliphatic rings. The third-order valence-corrected chi connectivity index (χ3v) is 0. The van der Waals surface area contributed by atoms with Gasteiger partial charge in [0.1, 0.15) is 0 Å². The van der Waals surface area contributed by atoms with E-state index >= 15 is 0 Å². The van der Waals surface area contributed by atoms with Gasteiger partial charge in [-0.15, -0.1) is 0 Å². The van der Waals surface area contributed by atoms with Crippen molar-refractivity contribution in [1.29, 1.82) is 0 Å². The molecule has 0 aromatic rings. The van der Waals surface area contributed by atoms with Crippen LogP contribution in [-0.4, -0.2) is 5.48 Å². The molecule has 0 spiro atoms. The van der Waals surface area contributed by atoms with Crippen molar-refractivity contribution in [2.24, 2.45) is 0 Å². The van der Waals surface area contributed by atoms with Crippen molar-refractivity contribution in [1.82, 2.24) is 0 Å². The van der Waals surface area contributed by atoms with Gasteiger partial charge in [0.15, 0.2) is 0 Å². The molecule has 0 fully saturated rings. The second kappa shape index (κ2) is 21.8. The predicted octanol–water partition coefficient (Wildman–Crippen LogP) is -0.949. The zero-order valence-corrected chi connectivity index (χ0v) is 7.28. The summed E-state index contributed by atoms with van der Waals surface area (Å²) >= 11 is 0.300. The second-order valence-electron chi connectivity index (χ2n) is 0. The molecule has 2 N–H and O–H groups in total. The van der Waals surface area contributed by atoms with Gasteiger partial charge in [-0.1, -0.05) is 0 Å². The smallest absolute Gasteiger partial charge is 0 e. The van der Waals surface area contributed by atoms with Crippen molar-refractivity contribution in [3.63, 3.8) is 0 Å². The maximum Gasteiger partial charge on any atom is 0 e. The van der Waals surface area contributed by atoms with Gasteiger partial charge in [0.05, 0.1) is 0 Å². The van der Waals surface area contributed by atoms with Crippen LogP contribution in [-0.2, 0) is 60.2 Å². The summed E-state index contributed by atoms with van der Waals surface area (Å²) in [5, 5.41) is 0. The van der Waals surface area contributed by atoms with Crippen LogP contribution < -0.4 is 0 Å². The first-order chi connectivity index (χ1) is 1.00. The van der Waals surface area contributed by atoms with Crippen molar-refractivity contribution in [3.8, 4) is 0 Å². The van der Waals surface area contributed by atoms with Crippen molar-refractivity contribution in [2.75, 3.05) is 0 Å². The van der Waals surface area contributed by atoms with Crippen LogP contribution in [0.3, 0.4) is 0 Å². The van der Waals surface area contributed by atoms with E-state index in [2.05, 4.69) is 0 Å². The van der Waals surface area contributed by atoms with Gasteiger partial charge in [-0.25, -0.2) is 0 Å². The molecule has 0 saturated heterocycles. The molecule has 0 aromatic carbocycles. The molecular formula is H2O2YZr. The minimum atomic E-state index is 0. The first kappa shape index (κ1) is 17.2. The molecule has 0 bridgehead atoms. The van der Waals surface area contributed by atoms with Crippen molar-refractivity contribution in [2.45, 2.75) is 0 Å². The van der Waals surface area contributed by atoms with Crippen LogP contribution in [0.1, 0.15) is 0 Å². The molecular weight excluding hydrogens is 212 g/mol. The van der Waals surface area contributed by atoms with E-state index in [0.717, 1.165) is 0 Å². The van der Waals surface area contributed by atoms with Gasteiger partial charge in [-0.3, -0.25) is 0 Å². The fraction of sp³-hybridized carbons (Fsp3) is 0. The van der Waals surface area contributed by atoms with Gasteiger partial charge >= 0.3 is 27.5 Å². The molecule has 0 amide bonds. The number of hydrogen-bond donors (Lipinski definition) is 0. The standard InChI is InChI=1S/H2O.O.Y.Zr/h1H2;;;. The zero-order chi connectivity index (χ0) is 2.00.